The second-order valence-electron chi connectivity index (χ2n) is 6.68. The summed E-state index contributed by atoms with van der Waals surface area (Å²) in [5, 5.41) is 15.0. The maximum absolute atomic E-state index is 4.28. The highest BCUT2D eigenvalue weighted by molar-refractivity contribution is 14.0. The average molecular weight is 473 g/mol. The zero-order chi connectivity index (χ0) is 18.2. The molecular weight excluding hydrogens is 441 g/mol. The SMILES string of the molecule is CN=C(NCCCN(C(C)C)C(C)C)NCc1nnc2ccccn12.I. The van der Waals surface area contributed by atoms with Crippen LogP contribution in [-0.2, 0) is 6.54 Å². The van der Waals surface area contributed by atoms with E-state index >= 15 is 0 Å². The minimum Gasteiger partial charge on any atom is -0.356 e. The summed E-state index contributed by atoms with van der Waals surface area (Å²) < 4.78 is 1.98. The van der Waals surface area contributed by atoms with Crippen LogP contribution in [0.25, 0.3) is 5.65 Å². The number of aromatic nitrogens is 3. The summed E-state index contributed by atoms with van der Waals surface area (Å²) in [5.41, 5.74) is 0.852. The van der Waals surface area contributed by atoms with Gasteiger partial charge >= 0.3 is 0 Å². The number of rotatable bonds is 8. The Balaban J connectivity index is 0.00000338. The predicted octanol–water partition coefficient (Wildman–Crippen LogP) is 2.52. The van der Waals surface area contributed by atoms with Gasteiger partial charge in [-0.25, -0.2) is 0 Å². The third-order valence-corrected chi connectivity index (χ3v) is 4.23. The zero-order valence-corrected chi connectivity index (χ0v) is 18.8. The number of fused-ring (bicyclic) bond motifs is 1. The first-order valence-electron chi connectivity index (χ1n) is 9.01. The number of nitrogens with one attached hydrogen (secondary N) is 2. The maximum Gasteiger partial charge on any atom is 0.191 e. The van der Waals surface area contributed by atoms with Crippen LogP contribution >= 0.6 is 24.0 Å². The zero-order valence-electron chi connectivity index (χ0n) is 16.4. The molecule has 0 fully saturated rings. The molecule has 2 rings (SSSR count). The largest absolute Gasteiger partial charge is 0.356 e. The normalized spacial score (nSPS) is 12.1. The molecule has 7 nitrogen and oxygen atoms in total. The van der Waals surface area contributed by atoms with Crippen LogP contribution in [0.1, 0.15) is 39.9 Å². The summed E-state index contributed by atoms with van der Waals surface area (Å²) in [6, 6.07) is 7.01. The Morgan fingerprint density at radius 3 is 2.54 bits per heavy atom. The molecule has 0 aliphatic rings. The Labute approximate surface area is 173 Å². The molecule has 0 bridgehead atoms. The standard InChI is InChI=1S/C18H31N7.HI/c1-14(2)24(15(3)4)12-8-10-20-18(19-5)21-13-17-23-22-16-9-6-7-11-25(16)17;/h6-7,9,11,14-15H,8,10,12-13H2,1-5H3,(H2,19,20,21);1H. The number of pyridine rings is 1. The van der Waals surface area contributed by atoms with Crippen molar-refractivity contribution >= 4 is 35.6 Å². The van der Waals surface area contributed by atoms with Gasteiger partial charge in [-0.2, -0.15) is 0 Å². The van der Waals surface area contributed by atoms with Crippen LogP contribution in [0.5, 0.6) is 0 Å². The molecule has 0 saturated heterocycles. The molecular formula is C18H32IN7. The van der Waals surface area contributed by atoms with Crippen molar-refractivity contribution in [1.29, 1.82) is 0 Å². The highest BCUT2D eigenvalue weighted by Gasteiger charge is 2.12. The number of nitrogens with zero attached hydrogens (tertiary/aromatic N) is 5. The van der Waals surface area contributed by atoms with Crippen molar-refractivity contribution in [1.82, 2.24) is 30.1 Å². The van der Waals surface area contributed by atoms with Crippen LogP contribution in [0.3, 0.4) is 0 Å². The van der Waals surface area contributed by atoms with Gasteiger partial charge < -0.3 is 10.6 Å². The molecule has 0 saturated carbocycles. The summed E-state index contributed by atoms with van der Waals surface area (Å²) in [5.74, 6) is 1.65. The van der Waals surface area contributed by atoms with E-state index in [1.807, 2.05) is 28.8 Å². The van der Waals surface area contributed by atoms with E-state index in [2.05, 4.69) is 58.4 Å². The van der Waals surface area contributed by atoms with E-state index in [-0.39, 0.29) is 24.0 Å². The number of hydrogen-bond donors (Lipinski definition) is 2. The molecule has 26 heavy (non-hydrogen) atoms. The Kier molecular flexibility index (Phi) is 9.85. The summed E-state index contributed by atoms with van der Waals surface area (Å²) in [6.07, 6.45) is 3.04. The van der Waals surface area contributed by atoms with Gasteiger partial charge in [0.25, 0.3) is 0 Å². The molecule has 0 aliphatic heterocycles. The lowest BCUT2D eigenvalue weighted by Crippen LogP contribution is -2.41. The summed E-state index contributed by atoms with van der Waals surface area (Å²) in [7, 11) is 1.78. The summed E-state index contributed by atoms with van der Waals surface area (Å²) in [6.45, 7) is 11.5. The van der Waals surface area contributed by atoms with Gasteiger partial charge in [0.2, 0.25) is 0 Å². The van der Waals surface area contributed by atoms with E-state index in [1.165, 1.54) is 0 Å². The van der Waals surface area contributed by atoms with Crippen LogP contribution in [0.4, 0.5) is 0 Å². The molecule has 2 heterocycles. The van der Waals surface area contributed by atoms with Gasteiger partial charge in [-0.3, -0.25) is 14.3 Å². The molecule has 0 radical (unpaired) electrons. The molecule has 2 N–H and O–H groups in total. The van der Waals surface area contributed by atoms with Crippen LogP contribution in [0.15, 0.2) is 29.4 Å². The minimum atomic E-state index is 0. The Hall–Kier alpha value is -1.42. The Morgan fingerprint density at radius 2 is 1.88 bits per heavy atom. The van der Waals surface area contributed by atoms with Gasteiger partial charge in [-0.1, -0.05) is 6.07 Å². The van der Waals surface area contributed by atoms with Gasteiger partial charge in [0.05, 0.1) is 6.54 Å². The second-order valence-corrected chi connectivity index (χ2v) is 6.68. The fraction of sp³-hybridized carbons (Fsp3) is 0.611. The van der Waals surface area contributed by atoms with Crippen molar-refractivity contribution in [3.63, 3.8) is 0 Å². The topological polar surface area (TPSA) is 69.8 Å². The van der Waals surface area contributed by atoms with Crippen molar-refractivity contribution in [3.8, 4) is 0 Å². The van der Waals surface area contributed by atoms with Gasteiger partial charge in [-0.15, -0.1) is 34.2 Å². The molecule has 0 unspecified atom stereocenters. The lowest BCUT2D eigenvalue weighted by atomic mass is 10.2. The molecule has 0 atom stereocenters. The maximum atomic E-state index is 4.28. The quantitative estimate of drug-likeness (QED) is 0.267. The third kappa shape index (κ3) is 6.39. The van der Waals surface area contributed by atoms with Crippen molar-refractivity contribution in [2.24, 2.45) is 4.99 Å². The molecule has 8 heteroatoms. The predicted molar refractivity (Wildman–Crippen MR) is 118 cm³/mol. The van der Waals surface area contributed by atoms with Gasteiger partial charge in [0.1, 0.15) is 0 Å². The molecule has 2 aromatic heterocycles. The number of aliphatic imine (C=N–C) groups is 1. The van der Waals surface area contributed by atoms with Crippen molar-refractivity contribution in [2.75, 3.05) is 20.1 Å². The van der Waals surface area contributed by atoms with Crippen molar-refractivity contribution < 1.29 is 0 Å². The number of guanidine groups is 1. The van der Waals surface area contributed by atoms with E-state index in [9.17, 15) is 0 Å². The first-order chi connectivity index (χ1) is 12.0. The fourth-order valence-corrected chi connectivity index (χ4v) is 2.98. The molecule has 2 aromatic rings. The van der Waals surface area contributed by atoms with Gasteiger partial charge in [0.15, 0.2) is 17.4 Å². The monoisotopic (exact) mass is 473 g/mol. The van der Waals surface area contributed by atoms with E-state index < -0.39 is 0 Å². The lowest BCUT2D eigenvalue weighted by molar-refractivity contribution is 0.173. The van der Waals surface area contributed by atoms with Crippen LogP contribution < -0.4 is 10.6 Å². The van der Waals surface area contributed by atoms with Gasteiger partial charge in [0, 0.05) is 38.4 Å². The smallest absolute Gasteiger partial charge is 0.191 e. The van der Waals surface area contributed by atoms with Crippen LogP contribution in [0.2, 0.25) is 0 Å². The van der Waals surface area contributed by atoms with E-state index in [0.29, 0.717) is 18.6 Å². The highest BCUT2D eigenvalue weighted by Crippen LogP contribution is 2.05. The summed E-state index contributed by atoms with van der Waals surface area (Å²) in [4.78, 5) is 6.78. The molecule has 0 aliphatic carbocycles. The Bertz CT molecular complexity index is 673. The highest BCUT2D eigenvalue weighted by atomic mass is 127. The van der Waals surface area contributed by atoms with Crippen LogP contribution in [-0.4, -0.2) is 57.7 Å². The lowest BCUT2D eigenvalue weighted by Gasteiger charge is -2.30. The Morgan fingerprint density at radius 1 is 1.15 bits per heavy atom. The van der Waals surface area contributed by atoms with Gasteiger partial charge in [-0.05, 0) is 46.2 Å². The minimum absolute atomic E-state index is 0. The first-order valence-corrected chi connectivity index (χ1v) is 9.01. The van der Waals surface area contributed by atoms with Crippen molar-refractivity contribution in [3.05, 3.63) is 30.2 Å². The number of hydrogen-bond acceptors (Lipinski definition) is 4. The van der Waals surface area contributed by atoms with E-state index in [4.69, 9.17) is 0 Å². The molecule has 0 amide bonds. The average Bonchev–Trinajstić information content (AvgIpc) is 3.00. The van der Waals surface area contributed by atoms with Crippen LogP contribution in [0, 0.1) is 0 Å². The van der Waals surface area contributed by atoms with E-state index in [1.54, 1.807) is 7.05 Å². The molecule has 146 valence electrons. The molecule has 0 aromatic carbocycles. The summed E-state index contributed by atoms with van der Waals surface area (Å²) >= 11 is 0. The van der Waals surface area contributed by atoms with Crippen molar-refractivity contribution in [2.45, 2.75) is 52.7 Å². The van der Waals surface area contributed by atoms with E-state index in [0.717, 1.165) is 36.9 Å². The number of halogens is 1. The fourth-order valence-electron chi connectivity index (χ4n) is 2.98. The molecule has 0 spiro atoms. The first kappa shape index (κ1) is 22.6. The third-order valence-electron chi connectivity index (χ3n) is 4.23. The second kappa shape index (κ2) is 11.3.